The molecule has 1 aromatic carbocycles. The molecule has 0 aliphatic carbocycles. The third kappa shape index (κ3) is 1.87. The minimum Gasteiger partial charge on any atom is -0.382 e. The first-order valence-corrected chi connectivity index (χ1v) is 5.32. The smallest absolute Gasteiger partial charge is 0.158 e. The van der Waals surface area contributed by atoms with Crippen LogP contribution < -0.4 is 10.3 Å². The van der Waals surface area contributed by atoms with Gasteiger partial charge in [-0.15, -0.1) is 6.58 Å². The first-order valence-electron chi connectivity index (χ1n) is 5.32. The highest BCUT2D eigenvalue weighted by Crippen LogP contribution is 2.36. The minimum atomic E-state index is 0.278. The average molecular weight is 213 g/mol. The summed E-state index contributed by atoms with van der Waals surface area (Å²) in [6, 6.07) is 8.03. The number of para-hydroxylation sites is 1. The van der Waals surface area contributed by atoms with Crippen molar-refractivity contribution < 1.29 is 4.84 Å². The predicted octanol–water partition coefficient (Wildman–Crippen LogP) is 3.31. The fourth-order valence-corrected chi connectivity index (χ4v) is 1.91. The third-order valence-electron chi connectivity index (χ3n) is 2.65. The van der Waals surface area contributed by atoms with Gasteiger partial charge < -0.3 is 4.84 Å². The zero-order valence-corrected chi connectivity index (χ0v) is 9.15. The van der Waals surface area contributed by atoms with E-state index >= 15 is 0 Å². The highest BCUT2D eigenvalue weighted by atomic mass is 16.6. The monoisotopic (exact) mass is 213 g/mol. The highest BCUT2D eigenvalue weighted by molar-refractivity contribution is 5.43. The van der Waals surface area contributed by atoms with Crippen LogP contribution in [0, 0.1) is 0 Å². The number of benzene rings is 1. The van der Waals surface area contributed by atoms with E-state index in [0.29, 0.717) is 0 Å². The fraction of sp³-hybridized carbons (Fsp3) is 0.143. The van der Waals surface area contributed by atoms with E-state index in [9.17, 15) is 0 Å². The number of rotatable bonds is 3. The number of hydrogen-bond donors (Lipinski definition) is 1. The summed E-state index contributed by atoms with van der Waals surface area (Å²) in [6.45, 7) is 7.51. The molecule has 0 spiro atoms. The van der Waals surface area contributed by atoms with Gasteiger partial charge in [0.25, 0.3) is 0 Å². The lowest BCUT2D eigenvalue weighted by molar-refractivity contribution is 0.201. The fourth-order valence-electron chi connectivity index (χ4n) is 1.91. The van der Waals surface area contributed by atoms with Gasteiger partial charge in [-0.25, -0.2) is 5.48 Å². The van der Waals surface area contributed by atoms with E-state index in [2.05, 4.69) is 24.7 Å². The van der Waals surface area contributed by atoms with Crippen LogP contribution in [0.5, 0.6) is 5.75 Å². The van der Waals surface area contributed by atoms with Gasteiger partial charge in [0.15, 0.2) is 5.75 Å². The number of fused-ring (bicyclic) bond motifs is 1. The Morgan fingerprint density at radius 3 is 2.88 bits per heavy atom. The Bertz CT molecular complexity index is 434. The Morgan fingerprint density at radius 2 is 2.12 bits per heavy atom. The van der Waals surface area contributed by atoms with E-state index in [1.54, 1.807) is 6.08 Å². The quantitative estimate of drug-likeness (QED) is 0.778. The molecular formula is C14H15NO. The minimum absolute atomic E-state index is 0.278. The van der Waals surface area contributed by atoms with Crippen LogP contribution in [0.3, 0.4) is 0 Å². The molecule has 1 unspecified atom stereocenters. The molecule has 2 rings (SSSR count). The first kappa shape index (κ1) is 10.6. The average Bonchev–Trinajstić information content (AvgIpc) is 2.32. The van der Waals surface area contributed by atoms with Crippen molar-refractivity contribution in [3.63, 3.8) is 0 Å². The van der Waals surface area contributed by atoms with Crippen LogP contribution in [0.25, 0.3) is 0 Å². The molecule has 0 saturated heterocycles. The maximum atomic E-state index is 5.46. The van der Waals surface area contributed by atoms with Crippen molar-refractivity contribution in [2.45, 2.75) is 12.3 Å². The molecule has 1 heterocycles. The summed E-state index contributed by atoms with van der Waals surface area (Å²) in [5, 5.41) is 0. The number of hydrogen-bond acceptors (Lipinski definition) is 2. The zero-order valence-electron chi connectivity index (χ0n) is 9.15. The molecule has 0 fully saturated rings. The SMILES string of the molecule is C=CC=C1NOc2ccccc2C1CC=C. The van der Waals surface area contributed by atoms with Crippen LogP contribution >= 0.6 is 0 Å². The van der Waals surface area contributed by atoms with Crippen molar-refractivity contribution in [2.24, 2.45) is 0 Å². The van der Waals surface area contributed by atoms with Gasteiger partial charge in [-0.2, -0.15) is 0 Å². The summed E-state index contributed by atoms with van der Waals surface area (Å²) in [5.74, 6) is 1.16. The molecule has 1 aromatic rings. The summed E-state index contributed by atoms with van der Waals surface area (Å²) in [4.78, 5) is 5.46. The summed E-state index contributed by atoms with van der Waals surface area (Å²) >= 11 is 0. The van der Waals surface area contributed by atoms with Crippen LogP contribution in [0.15, 0.2) is 61.3 Å². The molecule has 0 radical (unpaired) electrons. The van der Waals surface area contributed by atoms with E-state index < -0.39 is 0 Å². The molecule has 0 amide bonds. The Hall–Kier alpha value is -1.96. The van der Waals surface area contributed by atoms with Gasteiger partial charge >= 0.3 is 0 Å². The van der Waals surface area contributed by atoms with Crippen molar-refractivity contribution in [1.29, 1.82) is 0 Å². The van der Waals surface area contributed by atoms with Gasteiger partial charge in [0.05, 0.1) is 5.70 Å². The van der Waals surface area contributed by atoms with Crippen molar-refractivity contribution in [1.82, 2.24) is 5.48 Å². The van der Waals surface area contributed by atoms with Crippen LogP contribution in [-0.2, 0) is 0 Å². The maximum absolute atomic E-state index is 5.46. The van der Waals surface area contributed by atoms with E-state index in [0.717, 1.165) is 17.9 Å². The number of allylic oxidation sites excluding steroid dienone is 4. The van der Waals surface area contributed by atoms with Crippen LogP contribution in [-0.4, -0.2) is 0 Å². The summed E-state index contributed by atoms with van der Waals surface area (Å²) in [7, 11) is 0. The lowest BCUT2D eigenvalue weighted by Crippen LogP contribution is -2.28. The van der Waals surface area contributed by atoms with Crippen molar-refractivity contribution >= 4 is 0 Å². The predicted molar refractivity (Wildman–Crippen MR) is 66.0 cm³/mol. The van der Waals surface area contributed by atoms with Gasteiger partial charge in [-0.1, -0.05) is 36.9 Å². The summed E-state index contributed by atoms with van der Waals surface area (Å²) in [6.07, 6.45) is 6.50. The van der Waals surface area contributed by atoms with Gasteiger partial charge in [-0.3, -0.25) is 0 Å². The van der Waals surface area contributed by atoms with Gasteiger partial charge in [-0.05, 0) is 18.6 Å². The molecule has 0 aromatic heterocycles. The van der Waals surface area contributed by atoms with Crippen molar-refractivity contribution in [3.8, 4) is 5.75 Å². The molecule has 2 heteroatoms. The van der Waals surface area contributed by atoms with E-state index in [4.69, 9.17) is 4.84 Å². The molecular weight excluding hydrogens is 198 g/mol. The maximum Gasteiger partial charge on any atom is 0.158 e. The Kier molecular flexibility index (Phi) is 3.10. The third-order valence-corrected chi connectivity index (χ3v) is 2.65. The van der Waals surface area contributed by atoms with Crippen LogP contribution in [0.4, 0.5) is 0 Å². The Balaban J connectivity index is 2.42. The standard InChI is InChI=1S/C14H15NO/c1-3-7-11-12-9-5-6-10-14(12)16-15-13(11)8-4-2/h3-6,8-11,15H,1-2,7H2. The largest absolute Gasteiger partial charge is 0.382 e. The molecule has 1 atom stereocenters. The Labute approximate surface area is 95.9 Å². The Morgan fingerprint density at radius 1 is 1.31 bits per heavy atom. The van der Waals surface area contributed by atoms with Crippen LogP contribution in [0.2, 0.25) is 0 Å². The van der Waals surface area contributed by atoms with E-state index in [-0.39, 0.29) is 5.92 Å². The van der Waals surface area contributed by atoms with E-state index in [1.165, 1.54) is 5.56 Å². The number of hydroxylamine groups is 1. The second-order valence-corrected chi connectivity index (χ2v) is 3.68. The molecule has 1 aliphatic rings. The summed E-state index contributed by atoms with van der Waals surface area (Å²) < 4.78 is 0. The molecule has 16 heavy (non-hydrogen) atoms. The topological polar surface area (TPSA) is 21.3 Å². The normalized spacial score (nSPS) is 20.5. The van der Waals surface area contributed by atoms with Crippen LogP contribution in [0.1, 0.15) is 17.9 Å². The first-order chi connectivity index (χ1) is 7.86. The second-order valence-electron chi connectivity index (χ2n) is 3.68. The lowest BCUT2D eigenvalue weighted by atomic mass is 9.90. The van der Waals surface area contributed by atoms with Crippen molar-refractivity contribution in [3.05, 3.63) is 66.9 Å². The molecule has 0 saturated carbocycles. The van der Waals surface area contributed by atoms with Gasteiger partial charge in [0.1, 0.15) is 0 Å². The van der Waals surface area contributed by atoms with Gasteiger partial charge in [0, 0.05) is 11.5 Å². The summed E-state index contributed by atoms with van der Waals surface area (Å²) in [5.41, 5.74) is 5.16. The molecule has 2 nitrogen and oxygen atoms in total. The molecule has 1 N–H and O–H groups in total. The zero-order chi connectivity index (χ0) is 11.4. The second kappa shape index (κ2) is 4.71. The van der Waals surface area contributed by atoms with Gasteiger partial charge in [0.2, 0.25) is 0 Å². The molecule has 82 valence electrons. The number of nitrogens with one attached hydrogen (secondary N) is 1. The molecule has 1 aliphatic heterocycles. The van der Waals surface area contributed by atoms with E-state index in [1.807, 2.05) is 30.4 Å². The molecule has 0 bridgehead atoms. The van der Waals surface area contributed by atoms with Crippen molar-refractivity contribution in [2.75, 3.05) is 0 Å². The lowest BCUT2D eigenvalue weighted by Gasteiger charge is -2.28. The highest BCUT2D eigenvalue weighted by Gasteiger charge is 2.24.